The quantitative estimate of drug-likeness (QED) is 0.648. The Kier molecular flexibility index (Phi) is 4.53. The van der Waals surface area contributed by atoms with Crippen molar-refractivity contribution in [3.8, 4) is 0 Å². The maximum absolute atomic E-state index is 12.1. The SMILES string of the molecule is CC(NC(=O)OC(C)(C)C)C(=O)c1ccccc1N. The molecule has 0 saturated heterocycles. The largest absolute Gasteiger partial charge is 0.444 e. The molecule has 1 unspecified atom stereocenters. The highest BCUT2D eigenvalue weighted by Crippen LogP contribution is 2.13. The fraction of sp³-hybridized carbons (Fsp3) is 0.429. The Balaban J connectivity index is 2.69. The van der Waals surface area contributed by atoms with Gasteiger partial charge in [-0.25, -0.2) is 4.79 Å². The topological polar surface area (TPSA) is 81.4 Å². The molecule has 0 aliphatic carbocycles. The first-order valence-corrected chi connectivity index (χ1v) is 6.09. The molecule has 0 aliphatic rings. The maximum Gasteiger partial charge on any atom is 0.408 e. The summed E-state index contributed by atoms with van der Waals surface area (Å²) < 4.78 is 5.09. The van der Waals surface area contributed by atoms with Crippen LogP contribution in [0.1, 0.15) is 38.1 Å². The number of carbonyl (C=O) groups excluding carboxylic acids is 2. The average Bonchev–Trinajstić information content (AvgIpc) is 2.26. The van der Waals surface area contributed by atoms with E-state index in [-0.39, 0.29) is 5.78 Å². The van der Waals surface area contributed by atoms with Crippen molar-refractivity contribution in [2.75, 3.05) is 5.73 Å². The van der Waals surface area contributed by atoms with Gasteiger partial charge in [0.05, 0.1) is 6.04 Å². The summed E-state index contributed by atoms with van der Waals surface area (Å²) in [6.45, 7) is 6.87. The number of nitrogens with one attached hydrogen (secondary N) is 1. The van der Waals surface area contributed by atoms with Gasteiger partial charge in [0.1, 0.15) is 5.60 Å². The number of rotatable bonds is 3. The van der Waals surface area contributed by atoms with Gasteiger partial charge in [-0.15, -0.1) is 0 Å². The minimum atomic E-state index is -0.695. The zero-order valence-corrected chi connectivity index (χ0v) is 11.7. The Morgan fingerprint density at radius 2 is 1.84 bits per heavy atom. The number of nitrogen functional groups attached to an aromatic ring is 1. The Bertz CT molecular complexity index is 478. The van der Waals surface area contributed by atoms with E-state index in [2.05, 4.69) is 5.32 Å². The normalized spacial score (nSPS) is 12.6. The van der Waals surface area contributed by atoms with Gasteiger partial charge in [-0.05, 0) is 39.8 Å². The second-order valence-corrected chi connectivity index (χ2v) is 5.32. The molecule has 1 rings (SSSR count). The zero-order chi connectivity index (χ0) is 14.6. The lowest BCUT2D eigenvalue weighted by molar-refractivity contribution is 0.0497. The Morgan fingerprint density at radius 1 is 1.26 bits per heavy atom. The van der Waals surface area contributed by atoms with Gasteiger partial charge in [0.2, 0.25) is 0 Å². The van der Waals surface area contributed by atoms with Crippen LogP contribution in [0.2, 0.25) is 0 Å². The molecule has 5 heteroatoms. The molecule has 0 heterocycles. The van der Waals surface area contributed by atoms with Gasteiger partial charge in [0.25, 0.3) is 0 Å². The van der Waals surface area contributed by atoms with E-state index in [9.17, 15) is 9.59 Å². The van der Waals surface area contributed by atoms with Crippen LogP contribution >= 0.6 is 0 Å². The Hall–Kier alpha value is -2.04. The highest BCUT2D eigenvalue weighted by atomic mass is 16.6. The molecule has 1 atom stereocenters. The summed E-state index contributed by atoms with van der Waals surface area (Å²) in [6.07, 6.45) is -0.622. The summed E-state index contributed by atoms with van der Waals surface area (Å²) in [7, 11) is 0. The van der Waals surface area contributed by atoms with E-state index in [1.54, 1.807) is 52.0 Å². The molecule has 19 heavy (non-hydrogen) atoms. The van der Waals surface area contributed by atoms with Gasteiger partial charge in [0.15, 0.2) is 5.78 Å². The molecular weight excluding hydrogens is 244 g/mol. The van der Waals surface area contributed by atoms with E-state index in [4.69, 9.17) is 10.5 Å². The first kappa shape index (κ1) is 15.0. The summed E-state index contributed by atoms with van der Waals surface area (Å²) in [5, 5.41) is 2.50. The molecule has 1 amide bonds. The third kappa shape index (κ3) is 4.62. The maximum atomic E-state index is 12.1. The van der Waals surface area contributed by atoms with Crippen molar-refractivity contribution in [2.24, 2.45) is 0 Å². The minimum Gasteiger partial charge on any atom is -0.444 e. The van der Waals surface area contributed by atoms with Crippen molar-refractivity contribution in [3.63, 3.8) is 0 Å². The molecule has 0 aliphatic heterocycles. The second kappa shape index (κ2) is 5.73. The van der Waals surface area contributed by atoms with Crippen LogP contribution in [0, 0.1) is 0 Å². The number of ketones is 1. The molecule has 3 N–H and O–H groups in total. The average molecular weight is 264 g/mol. The highest BCUT2D eigenvalue weighted by molar-refractivity contribution is 6.05. The molecule has 0 aromatic heterocycles. The van der Waals surface area contributed by atoms with E-state index in [1.807, 2.05) is 0 Å². The number of nitrogens with two attached hydrogens (primary N) is 1. The van der Waals surface area contributed by atoms with Crippen molar-refractivity contribution in [3.05, 3.63) is 29.8 Å². The number of alkyl carbamates (subject to hydrolysis) is 1. The van der Waals surface area contributed by atoms with Crippen LogP contribution < -0.4 is 11.1 Å². The molecule has 0 spiro atoms. The summed E-state index contributed by atoms with van der Waals surface area (Å²) >= 11 is 0. The second-order valence-electron chi connectivity index (χ2n) is 5.32. The van der Waals surface area contributed by atoms with Gasteiger partial charge in [-0.2, -0.15) is 0 Å². The lowest BCUT2D eigenvalue weighted by atomic mass is 10.0. The molecular formula is C14H20N2O3. The highest BCUT2D eigenvalue weighted by Gasteiger charge is 2.22. The fourth-order valence-corrected chi connectivity index (χ4v) is 1.50. The van der Waals surface area contributed by atoms with Crippen LogP contribution in [0.15, 0.2) is 24.3 Å². The third-order valence-electron chi connectivity index (χ3n) is 2.35. The number of carbonyl (C=O) groups is 2. The predicted molar refractivity (Wildman–Crippen MR) is 74.0 cm³/mol. The van der Waals surface area contributed by atoms with Crippen LogP contribution in [-0.4, -0.2) is 23.5 Å². The first-order chi connectivity index (χ1) is 8.70. The number of benzene rings is 1. The standard InChI is InChI=1S/C14H20N2O3/c1-9(16-13(18)19-14(2,3)4)12(17)10-7-5-6-8-11(10)15/h5-9H,15H2,1-4H3,(H,16,18). The number of anilines is 1. The fourth-order valence-electron chi connectivity index (χ4n) is 1.50. The van der Waals surface area contributed by atoms with Crippen LogP contribution in [0.5, 0.6) is 0 Å². The van der Waals surface area contributed by atoms with Crippen molar-refractivity contribution < 1.29 is 14.3 Å². The van der Waals surface area contributed by atoms with Gasteiger partial charge < -0.3 is 15.8 Å². The Morgan fingerprint density at radius 3 is 2.37 bits per heavy atom. The summed E-state index contributed by atoms with van der Waals surface area (Å²) in [5.74, 6) is -0.246. The molecule has 0 saturated carbocycles. The Labute approximate surface area is 113 Å². The zero-order valence-electron chi connectivity index (χ0n) is 11.7. The lowest BCUT2D eigenvalue weighted by Gasteiger charge is -2.21. The smallest absolute Gasteiger partial charge is 0.408 e. The third-order valence-corrected chi connectivity index (χ3v) is 2.35. The van der Waals surface area contributed by atoms with Crippen LogP contribution in [0.3, 0.4) is 0 Å². The molecule has 0 radical (unpaired) electrons. The number of para-hydroxylation sites is 1. The van der Waals surface area contributed by atoms with Crippen LogP contribution in [0.25, 0.3) is 0 Å². The van der Waals surface area contributed by atoms with E-state index < -0.39 is 17.7 Å². The molecule has 0 bridgehead atoms. The van der Waals surface area contributed by atoms with Crippen molar-refractivity contribution >= 4 is 17.6 Å². The summed E-state index contributed by atoms with van der Waals surface area (Å²) in [6, 6.07) is 6.06. The summed E-state index contributed by atoms with van der Waals surface area (Å²) in [5.41, 5.74) is 5.92. The monoisotopic (exact) mass is 264 g/mol. The predicted octanol–water partition coefficient (Wildman–Crippen LogP) is 2.36. The van der Waals surface area contributed by atoms with Gasteiger partial charge in [-0.3, -0.25) is 4.79 Å². The van der Waals surface area contributed by atoms with Gasteiger partial charge >= 0.3 is 6.09 Å². The van der Waals surface area contributed by atoms with Crippen LogP contribution in [0.4, 0.5) is 10.5 Å². The molecule has 104 valence electrons. The van der Waals surface area contributed by atoms with Crippen molar-refractivity contribution in [1.82, 2.24) is 5.32 Å². The summed E-state index contributed by atoms with van der Waals surface area (Å²) in [4.78, 5) is 23.7. The minimum absolute atomic E-state index is 0.246. The lowest BCUT2D eigenvalue weighted by Crippen LogP contribution is -2.41. The number of hydrogen-bond acceptors (Lipinski definition) is 4. The van der Waals surface area contributed by atoms with E-state index >= 15 is 0 Å². The van der Waals surface area contributed by atoms with E-state index in [0.717, 1.165) is 0 Å². The number of ether oxygens (including phenoxy) is 1. The molecule has 1 aromatic rings. The molecule has 5 nitrogen and oxygen atoms in total. The van der Waals surface area contributed by atoms with Crippen molar-refractivity contribution in [2.45, 2.75) is 39.3 Å². The van der Waals surface area contributed by atoms with E-state index in [1.165, 1.54) is 0 Å². The van der Waals surface area contributed by atoms with Gasteiger partial charge in [-0.1, -0.05) is 12.1 Å². The number of Topliss-reactive ketones (excluding diaryl/α,β-unsaturated/α-hetero) is 1. The first-order valence-electron chi connectivity index (χ1n) is 6.09. The number of amides is 1. The van der Waals surface area contributed by atoms with Crippen LogP contribution in [-0.2, 0) is 4.74 Å². The molecule has 1 aromatic carbocycles. The van der Waals surface area contributed by atoms with Crippen molar-refractivity contribution in [1.29, 1.82) is 0 Å². The number of hydrogen-bond donors (Lipinski definition) is 2. The van der Waals surface area contributed by atoms with E-state index in [0.29, 0.717) is 11.3 Å². The van der Waals surface area contributed by atoms with Gasteiger partial charge in [0, 0.05) is 11.3 Å². The molecule has 0 fully saturated rings.